The minimum absolute atomic E-state index is 0.136. The monoisotopic (exact) mass is 338 g/mol. The fraction of sp³-hybridized carbons (Fsp3) is 0.353. The van der Waals surface area contributed by atoms with Gasteiger partial charge in [0, 0.05) is 25.1 Å². The van der Waals surface area contributed by atoms with Crippen molar-refractivity contribution in [2.24, 2.45) is 0 Å². The van der Waals surface area contributed by atoms with Gasteiger partial charge in [0.2, 0.25) is 0 Å². The summed E-state index contributed by atoms with van der Waals surface area (Å²) in [4.78, 5) is 23.2. The van der Waals surface area contributed by atoms with E-state index in [0.29, 0.717) is 36.1 Å². The molecular formula is C17H18N6O2. The van der Waals surface area contributed by atoms with Gasteiger partial charge in [-0.1, -0.05) is 11.3 Å². The topological polar surface area (TPSA) is 97.0 Å². The predicted octanol–water partition coefficient (Wildman–Crippen LogP) is 0.889. The van der Waals surface area contributed by atoms with E-state index in [9.17, 15) is 9.90 Å². The lowest BCUT2D eigenvalue weighted by Crippen LogP contribution is -2.52. The van der Waals surface area contributed by atoms with Gasteiger partial charge in [-0.25, -0.2) is 4.68 Å². The Kier molecular flexibility index (Phi) is 3.89. The van der Waals surface area contributed by atoms with Crippen molar-refractivity contribution >= 4 is 16.9 Å². The molecule has 0 bridgehead atoms. The highest BCUT2D eigenvalue weighted by atomic mass is 16.3. The van der Waals surface area contributed by atoms with E-state index in [2.05, 4.69) is 20.3 Å². The van der Waals surface area contributed by atoms with Gasteiger partial charge in [-0.2, -0.15) is 0 Å². The zero-order valence-electron chi connectivity index (χ0n) is 13.6. The summed E-state index contributed by atoms with van der Waals surface area (Å²) in [5, 5.41) is 18.6. The smallest absolute Gasteiger partial charge is 0.256 e. The number of aliphatic hydroxyl groups is 1. The van der Waals surface area contributed by atoms with Gasteiger partial charge in [-0.15, -0.1) is 5.10 Å². The number of benzene rings is 1. The van der Waals surface area contributed by atoms with Gasteiger partial charge >= 0.3 is 0 Å². The first-order chi connectivity index (χ1) is 12.1. The molecule has 0 saturated carbocycles. The summed E-state index contributed by atoms with van der Waals surface area (Å²) in [6.45, 7) is 1.17. The van der Waals surface area contributed by atoms with Crippen LogP contribution in [-0.2, 0) is 6.54 Å². The van der Waals surface area contributed by atoms with Crippen molar-refractivity contribution in [3.63, 3.8) is 0 Å². The molecule has 1 aliphatic heterocycles. The van der Waals surface area contributed by atoms with Crippen LogP contribution in [0, 0.1) is 0 Å². The van der Waals surface area contributed by atoms with Gasteiger partial charge in [-0.3, -0.25) is 14.8 Å². The van der Waals surface area contributed by atoms with Crippen molar-refractivity contribution in [3.8, 4) is 0 Å². The molecule has 8 nitrogen and oxygen atoms in total. The maximum absolute atomic E-state index is 13.0. The third-order valence-electron chi connectivity index (χ3n) is 4.50. The quantitative estimate of drug-likeness (QED) is 0.762. The van der Waals surface area contributed by atoms with Crippen LogP contribution in [0.15, 0.2) is 43.0 Å². The number of carbonyl (C=O) groups is 1. The zero-order valence-corrected chi connectivity index (χ0v) is 13.6. The lowest BCUT2D eigenvalue weighted by Gasteiger charge is -2.39. The largest absolute Gasteiger partial charge is 0.386 e. The Bertz CT molecular complexity index is 892. The van der Waals surface area contributed by atoms with Gasteiger partial charge in [0.15, 0.2) is 0 Å². The Hall–Kier alpha value is -2.87. The van der Waals surface area contributed by atoms with Crippen LogP contribution < -0.4 is 0 Å². The summed E-state index contributed by atoms with van der Waals surface area (Å²) >= 11 is 0. The molecule has 25 heavy (non-hydrogen) atoms. The van der Waals surface area contributed by atoms with Gasteiger partial charge < -0.3 is 10.0 Å². The van der Waals surface area contributed by atoms with Crippen molar-refractivity contribution in [3.05, 3.63) is 48.5 Å². The van der Waals surface area contributed by atoms with Crippen molar-refractivity contribution in [1.82, 2.24) is 29.9 Å². The number of nitrogens with zero attached hydrogens (tertiary/aromatic N) is 6. The Balaban J connectivity index is 1.59. The number of hydrogen-bond acceptors (Lipinski definition) is 6. The fourth-order valence-corrected chi connectivity index (χ4v) is 3.37. The maximum atomic E-state index is 13.0. The standard InChI is InChI=1S/C17H18N6O2/c24-16(13-3-1-4-14-15(13)19-7-6-18-14)22-9-2-5-17(25,11-22)12-23-10-8-20-21-23/h1,3-4,6-8,10,25H,2,5,9,11-12H2. The minimum Gasteiger partial charge on any atom is -0.386 e. The normalized spacial score (nSPS) is 20.8. The van der Waals surface area contributed by atoms with E-state index in [1.54, 1.807) is 46.5 Å². The number of amides is 1. The van der Waals surface area contributed by atoms with Crippen LogP contribution in [0.4, 0.5) is 0 Å². The molecule has 1 saturated heterocycles. The number of rotatable bonds is 3. The maximum Gasteiger partial charge on any atom is 0.256 e. The first kappa shape index (κ1) is 15.6. The van der Waals surface area contributed by atoms with Crippen molar-refractivity contribution in [2.75, 3.05) is 13.1 Å². The lowest BCUT2D eigenvalue weighted by atomic mass is 9.92. The third kappa shape index (κ3) is 3.08. The number of β-amino-alcohol motifs (C(OH)–C–C–N with tert-alkyl or cyclic N) is 1. The first-order valence-electron chi connectivity index (χ1n) is 8.20. The van der Waals surface area contributed by atoms with Gasteiger partial charge in [0.05, 0.1) is 30.4 Å². The number of carbonyl (C=O) groups excluding carboxylic acids is 1. The first-order valence-corrected chi connectivity index (χ1v) is 8.20. The van der Waals surface area contributed by atoms with Crippen LogP contribution in [-0.4, -0.2) is 59.6 Å². The molecule has 4 rings (SSSR count). The number of piperidine rings is 1. The molecule has 0 spiro atoms. The summed E-state index contributed by atoms with van der Waals surface area (Å²) in [5.74, 6) is -0.136. The number of likely N-dealkylation sites (tertiary alicyclic amines) is 1. The Morgan fingerprint density at radius 2 is 2.12 bits per heavy atom. The summed E-state index contributed by atoms with van der Waals surface area (Å²) in [7, 11) is 0. The van der Waals surface area contributed by atoms with Crippen LogP contribution in [0.25, 0.3) is 11.0 Å². The van der Waals surface area contributed by atoms with E-state index in [1.807, 2.05) is 6.07 Å². The number of fused-ring (bicyclic) bond motifs is 1. The molecule has 3 aromatic rings. The second-order valence-electron chi connectivity index (χ2n) is 6.38. The number of aromatic nitrogens is 5. The summed E-state index contributed by atoms with van der Waals surface area (Å²) in [6.07, 6.45) is 7.81. The molecule has 3 heterocycles. The molecule has 1 N–H and O–H groups in total. The minimum atomic E-state index is -1.02. The molecule has 0 aliphatic carbocycles. The van der Waals surface area contributed by atoms with Crippen LogP contribution >= 0.6 is 0 Å². The van der Waals surface area contributed by atoms with E-state index in [-0.39, 0.29) is 12.5 Å². The Morgan fingerprint density at radius 1 is 1.24 bits per heavy atom. The molecule has 8 heteroatoms. The van der Waals surface area contributed by atoms with Gasteiger partial charge in [0.1, 0.15) is 11.1 Å². The van der Waals surface area contributed by atoms with E-state index in [4.69, 9.17) is 0 Å². The number of para-hydroxylation sites is 1. The third-order valence-corrected chi connectivity index (χ3v) is 4.50. The van der Waals surface area contributed by atoms with Crippen LogP contribution in [0.5, 0.6) is 0 Å². The highest BCUT2D eigenvalue weighted by molar-refractivity contribution is 6.04. The summed E-state index contributed by atoms with van der Waals surface area (Å²) in [5.41, 5.74) is 0.761. The molecule has 1 aliphatic rings. The highest BCUT2D eigenvalue weighted by Crippen LogP contribution is 2.25. The van der Waals surface area contributed by atoms with E-state index in [0.717, 1.165) is 6.42 Å². The van der Waals surface area contributed by atoms with Crippen LogP contribution in [0.2, 0.25) is 0 Å². The SMILES string of the molecule is O=C(c1cccc2nccnc12)N1CCCC(O)(Cn2ccnn2)C1. The molecule has 1 aromatic carbocycles. The molecule has 1 fully saturated rings. The van der Waals surface area contributed by atoms with Crippen molar-refractivity contribution < 1.29 is 9.90 Å². The van der Waals surface area contributed by atoms with E-state index >= 15 is 0 Å². The lowest BCUT2D eigenvalue weighted by molar-refractivity contribution is -0.0387. The number of hydrogen-bond donors (Lipinski definition) is 1. The average Bonchev–Trinajstić information content (AvgIpc) is 3.13. The van der Waals surface area contributed by atoms with E-state index in [1.165, 1.54) is 0 Å². The zero-order chi connectivity index (χ0) is 17.3. The second kappa shape index (κ2) is 6.21. The highest BCUT2D eigenvalue weighted by Gasteiger charge is 2.36. The molecule has 0 radical (unpaired) electrons. The van der Waals surface area contributed by atoms with Crippen LogP contribution in [0.3, 0.4) is 0 Å². The average molecular weight is 338 g/mol. The molecule has 128 valence electrons. The molecule has 2 aromatic heterocycles. The van der Waals surface area contributed by atoms with Crippen molar-refractivity contribution in [1.29, 1.82) is 0 Å². The molecular weight excluding hydrogens is 320 g/mol. The summed E-state index contributed by atoms with van der Waals surface area (Å²) < 4.78 is 1.59. The fourth-order valence-electron chi connectivity index (χ4n) is 3.37. The van der Waals surface area contributed by atoms with Gasteiger partial charge in [-0.05, 0) is 25.0 Å². The molecule has 1 amide bonds. The van der Waals surface area contributed by atoms with Gasteiger partial charge in [0.25, 0.3) is 5.91 Å². The Labute approximate surface area is 144 Å². The van der Waals surface area contributed by atoms with Crippen molar-refractivity contribution in [2.45, 2.75) is 25.0 Å². The van der Waals surface area contributed by atoms with E-state index < -0.39 is 5.60 Å². The Morgan fingerprint density at radius 3 is 2.96 bits per heavy atom. The molecule has 1 atom stereocenters. The second-order valence-corrected chi connectivity index (χ2v) is 6.38. The summed E-state index contributed by atoms with van der Waals surface area (Å²) in [6, 6.07) is 5.39. The predicted molar refractivity (Wildman–Crippen MR) is 89.6 cm³/mol. The molecule has 1 unspecified atom stereocenters. The van der Waals surface area contributed by atoms with Crippen LogP contribution in [0.1, 0.15) is 23.2 Å².